The van der Waals surface area contributed by atoms with Crippen LogP contribution in [0.1, 0.15) is 34.3 Å². The lowest BCUT2D eigenvalue weighted by atomic mass is 10.0. The van der Waals surface area contributed by atoms with E-state index in [0.717, 1.165) is 24.7 Å². The standard InChI is InChI=1S/C21H24N2O4S/c1-14-8-11-17(28(2,26)27)13-18(14)20(24)23-19(21(25)22-16-9-10-16)12-15-6-4-3-5-7-15/h3-8,11,13,16,19H,9-10,12H2,1-2H3,(H,22,25)(H,23,24). The van der Waals surface area contributed by atoms with Crippen LogP contribution >= 0.6 is 0 Å². The average Bonchev–Trinajstić information content (AvgIpc) is 3.45. The van der Waals surface area contributed by atoms with Gasteiger partial charge in [0, 0.05) is 24.3 Å². The van der Waals surface area contributed by atoms with Crippen LogP contribution in [0, 0.1) is 6.92 Å². The molecule has 0 spiro atoms. The number of rotatable bonds is 7. The molecule has 3 rings (SSSR count). The Labute approximate surface area is 165 Å². The first-order valence-electron chi connectivity index (χ1n) is 9.20. The zero-order valence-corrected chi connectivity index (χ0v) is 16.8. The normalized spacial score (nSPS) is 14.9. The summed E-state index contributed by atoms with van der Waals surface area (Å²) in [6, 6.07) is 13.3. The topological polar surface area (TPSA) is 92.3 Å². The van der Waals surface area contributed by atoms with Crippen LogP contribution in [0.5, 0.6) is 0 Å². The molecule has 1 aliphatic carbocycles. The summed E-state index contributed by atoms with van der Waals surface area (Å²) in [7, 11) is -3.44. The van der Waals surface area contributed by atoms with Crippen LogP contribution < -0.4 is 10.6 Å². The number of hydrogen-bond acceptors (Lipinski definition) is 4. The number of sulfone groups is 1. The van der Waals surface area contributed by atoms with Gasteiger partial charge in [-0.1, -0.05) is 36.4 Å². The van der Waals surface area contributed by atoms with Gasteiger partial charge in [0.15, 0.2) is 9.84 Å². The number of nitrogens with one attached hydrogen (secondary N) is 2. The van der Waals surface area contributed by atoms with Crippen LogP contribution in [-0.4, -0.2) is 38.6 Å². The fraction of sp³-hybridized carbons (Fsp3) is 0.333. The summed E-state index contributed by atoms with van der Waals surface area (Å²) in [5.41, 5.74) is 1.83. The lowest BCUT2D eigenvalue weighted by molar-refractivity contribution is -0.123. The number of carbonyl (C=O) groups excluding carboxylic acids is 2. The molecule has 0 aromatic heterocycles. The molecule has 0 radical (unpaired) electrons. The number of carbonyl (C=O) groups is 2. The van der Waals surface area contributed by atoms with Crippen molar-refractivity contribution >= 4 is 21.7 Å². The van der Waals surface area contributed by atoms with Crippen molar-refractivity contribution in [3.8, 4) is 0 Å². The largest absolute Gasteiger partial charge is 0.352 e. The third-order valence-corrected chi connectivity index (χ3v) is 5.82. The van der Waals surface area contributed by atoms with Crippen molar-refractivity contribution in [2.24, 2.45) is 0 Å². The van der Waals surface area contributed by atoms with Gasteiger partial charge in [0.25, 0.3) is 5.91 Å². The second kappa shape index (κ2) is 8.14. The molecule has 1 unspecified atom stereocenters. The van der Waals surface area contributed by atoms with Crippen molar-refractivity contribution in [3.63, 3.8) is 0 Å². The Hall–Kier alpha value is -2.67. The minimum absolute atomic E-state index is 0.0743. The summed E-state index contributed by atoms with van der Waals surface area (Å²) < 4.78 is 23.6. The molecular weight excluding hydrogens is 376 g/mol. The first kappa shape index (κ1) is 20.1. The predicted molar refractivity (Wildman–Crippen MR) is 107 cm³/mol. The number of aryl methyl sites for hydroxylation is 1. The highest BCUT2D eigenvalue weighted by molar-refractivity contribution is 7.90. The Morgan fingerprint density at radius 3 is 2.39 bits per heavy atom. The van der Waals surface area contributed by atoms with Gasteiger partial charge in [0.1, 0.15) is 6.04 Å². The van der Waals surface area contributed by atoms with Crippen molar-refractivity contribution in [2.45, 2.75) is 43.2 Å². The zero-order valence-electron chi connectivity index (χ0n) is 15.9. The van der Waals surface area contributed by atoms with Crippen LogP contribution in [-0.2, 0) is 21.1 Å². The molecule has 28 heavy (non-hydrogen) atoms. The summed E-state index contributed by atoms with van der Waals surface area (Å²) in [6.45, 7) is 1.73. The molecule has 6 nitrogen and oxygen atoms in total. The molecular formula is C21H24N2O4S. The van der Waals surface area contributed by atoms with Gasteiger partial charge >= 0.3 is 0 Å². The van der Waals surface area contributed by atoms with Crippen LogP contribution in [0.3, 0.4) is 0 Å². The lowest BCUT2D eigenvalue weighted by Gasteiger charge is -2.19. The molecule has 1 atom stereocenters. The summed E-state index contributed by atoms with van der Waals surface area (Å²) in [4.78, 5) is 25.6. The Morgan fingerprint density at radius 1 is 1.11 bits per heavy atom. The van der Waals surface area contributed by atoms with Crippen molar-refractivity contribution in [2.75, 3.05) is 6.26 Å². The monoisotopic (exact) mass is 400 g/mol. The quantitative estimate of drug-likeness (QED) is 0.744. The van der Waals surface area contributed by atoms with E-state index in [1.807, 2.05) is 30.3 Å². The van der Waals surface area contributed by atoms with Crippen LogP contribution in [0.4, 0.5) is 0 Å². The molecule has 2 N–H and O–H groups in total. The minimum Gasteiger partial charge on any atom is -0.352 e. The van der Waals surface area contributed by atoms with E-state index in [4.69, 9.17) is 0 Å². The highest BCUT2D eigenvalue weighted by atomic mass is 32.2. The van der Waals surface area contributed by atoms with Crippen molar-refractivity contribution in [1.29, 1.82) is 0 Å². The van der Waals surface area contributed by atoms with E-state index in [1.54, 1.807) is 13.0 Å². The van der Waals surface area contributed by atoms with E-state index in [9.17, 15) is 18.0 Å². The van der Waals surface area contributed by atoms with E-state index in [2.05, 4.69) is 10.6 Å². The van der Waals surface area contributed by atoms with Crippen molar-refractivity contribution < 1.29 is 18.0 Å². The molecule has 2 aromatic rings. The van der Waals surface area contributed by atoms with Crippen LogP contribution in [0.25, 0.3) is 0 Å². The first-order chi connectivity index (χ1) is 13.2. The Kier molecular flexibility index (Phi) is 5.84. The molecule has 148 valence electrons. The molecule has 0 saturated heterocycles. The highest BCUT2D eigenvalue weighted by Gasteiger charge is 2.29. The average molecular weight is 401 g/mol. The fourth-order valence-corrected chi connectivity index (χ4v) is 3.55. The van der Waals surface area contributed by atoms with Gasteiger partial charge in [0.05, 0.1) is 4.90 Å². The molecule has 7 heteroatoms. The third-order valence-electron chi connectivity index (χ3n) is 4.71. The molecule has 1 fully saturated rings. The Morgan fingerprint density at radius 2 is 1.79 bits per heavy atom. The van der Waals surface area contributed by atoms with Crippen LogP contribution in [0.2, 0.25) is 0 Å². The fourth-order valence-electron chi connectivity index (χ4n) is 2.90. The third kappa shape index (κ3) is 5.19. The number of benzene rings is 2. The van der Waals surface area contributed by atoms with Gasteiger partial charge < -0.3 is 10.6 Å². The Balaban J connectivity index is 1.83. The molecule has 1 aliphatic rings. The summed E-state index contributed by atoms with van der Waals surface area (Å²) in [5, 5.41) is 5.72. The van der Waals surface area contributed by atoms with E-state index in [0.29, 0.717) is 12.0 Å². The molecule has 0 aliphatic heterocycles. The van der Waals surface area contributed by atoms with Gasteiger partial charge in [-0.05, 0) is 43.0 Å². The minimum atomic E-state index is -3.44. The van der Waals surface area contributed by atoms with E-state index in [-0.39, 0.29) is 22.4 Å². The van der Waals surface area contributed by atoms with Gasteiger partial charge in [-0.15, -0.1) is 0 Å². The SMILES string of the molecule is Cc1ccc(S(C)(=O)=O)cc1C(=O)NC(Cc1ccccc1)C(=O)NC1CC1. The summed E-state index contributed by atoms with van der Waals surface area (Å²) >= 11 is 0. The highest BCUT2D eigenvalue weighted by Crippen LogP contribution is 2.19. The maximum absolute atomic E-state index is 12.9. The van der Waals surface area contributed by atoms with Gasteiger partial charge in [-0.25, -0.2) is 8.42 Å². The lowest BCUT2D eigenvalue weighted by Crippen LogP contribution is -2.48. The van der Waals surface area contributed by atoms with Gasteiger partial charge in [-0.2, -0.15) is 0 Å². The summed E-state index contributed by atoms with van der Waals surface area (Å²) in [5.74, 6) is -0.688. The van der Waals surface area contributed by atoms with Crippen molar-refractivity contribution in [3.05, 3.63) is 65.2 Å². The Bertz CT molecular complexity index is 983. The first-order valence-corrected chi connectivity index (χ1v) is 11.1. The second-order valence-corrected chi connectivity index (χ2v) is 9.26. The van der Waals surface area contributed by atoms with Gasteiger partial charge in [0.2, 0.25) is 5.91 Å². The number of hydrogen-bond donors (Lipinski definition) is 2. The second-order valence-electron chi connectivity index (χ2n) is 7.25. The van der Waals surface area contributed by atoms with Crippen molar-refractivity contribution in [1.82, 2.24) is 10.6 Å². The molecule has 1 saturated carbocycles. The smallest absolute Gasteiger partial charge is 0.252 e. The molecule has 0 heterocycles. The molecule has 2 amide bonds. The van der Waals surface area contributed by atoms with E-state index < -0.39 is 21.8 Å². The predicted octanol–water partition coefficient (Wildman–Crippen LogP) is 2.02. The van der Waals surface area contributed by atoms with Gasteiger partial charge in [-0.3, -0.25) is 9.59 Å². The maximum atomic E-state index is 12.9. The maximum Gasteiger partial charge on any atom is 0.252 e. The number of amides is 2. The van der Waals surface area contributed by atoms with Crippen LogP contribution in [0.15, 0.2) is 53.4 Å². The van der Waals surface area contributed by atoms with E-state index in [1.165, 1.54) is 12.1 Å². The molecule has 2 aromatic carbocycles. The van der Waals surface area contributed by atoms with E-state index >= 15 is 0 Å². The summed E-state index contributed by atoms with van der Waals surface area (Å²) in [6.07, 6.45) is 3.36. The molecule has 0 bridgehead atoms. The zero-order chi connectivity index (χ0) is 20.3.